The second-order valence-corrected chi connectivity index (χ2v) is 6.00. The van der Waals surface area contributed by atoms with E-state index in [1.807, 2.05) is 19.1 Å². The van der Waals surface area contributed by atoms with Crippen LogP contribution in [0.1, 0.15) is 50.7 Å². The van der Waals surface area contributed by atoms with Crippen molar-refractivity contribution in [1.29, 1.82) is 0 Å². The molecule has 3 heteroatoms. The average molecular weight is 303 g/mol. The minimum atomic E-state index is 0.126. The van der Waals surface area contributed by atoms with Crippen LogP contribution in [-0.2, 0) is 11.3 Å². The van der Waals surface area contributed by atoms with Crippen molar-refractivity contribution in [3.63, 3.8) is 0 Å². The van der Waals surface area contributed by atoms with Crippen molar-refractivity contribution in [1.82, 2.24) is 5.32 Å². The van der Waals surface area contributed by atoms with E-state index >= 15 is 0 Å². The second kappa shape index (κ2) is 10.0. The third-order valence-corrected chi connectivity index (χ3v) is 3.49. The number of benzene rings is 1. The Balaban J connectivity index is 2.22. The molecule has 0 saturated carbocycles. The van der Waals surface area contributed by atoms with Crippen LogP contribution in [0, 0.1) is 12.8 Å². The van der Waals surface area contributed by atoms with Crippen molar-refractivity contribution in [2.45, 2.75) is 53.0 Å². The molecule has 3 nitrogen and oxygen atoms in total. The summed E-state index contributed by atoms with van der Waals surface area (Å²) in [6.45, 7) is 6.93. The van der Waals surface area contributed by atoms with E-state index in [0.29, 0.717) is 18.9 Å². The van der Waals surface area contributed by atoms with E-state index in [9.17, 15) is 4.79 Å². The number of hydrogen-bond acceptors (Lipinski definition) is 2. The number of unbranched alkanes of at least 4 members (excludes halogenated alkanes) is 2. The first kappa shape index (κ1) is 18.3. The van der Waals surface area contributed by atoms with Crippen molar-refractivity contribution in [3.8, 4) is 5.75 Å². The Hall–Kier alpha value is -1.77. The molecule has 22 heavy (non-hydrogen) atoms. The van der Waals surface area contributed by atoms with Crippen LogP contribution in [0.5, 0.6) is 5.75 Å². The van der Waals surface area contributed by atoms with Crippen LogP contribution in [0.15, 0.2) is 30.4 Å². The Labute approximate surface area is 134 Å². The zero-order valence-electron chi connectivity index (χ0n) is 14.3. The first-order chi connectivity index (χ1) is 10.5. The highest BCUT2D eigenvalue weighted by molar-refractivity contribution is 5.75. The number of ether oxygens (including phenoxy) is 1. The molecular formula is C19H29NO2. The molecule has 0 radical (unpaired) electrons. The molecular weight excluding hydrogens is 274 g/mol. The first-order valence-corrected chi connectivity index (χ1v) is 8.09. The van der Waals surface area contributed by atoms with Gasteiger partial charge in [0, 0.05) is 13.0 Å². The number of methoxy groups -OCH3 is 1. The highest BCUT2D eigenvalue weighted by atomic mass is 16.5. The Bertz CT molecular complexity index is 492. The van der Waals surface area contributed by atoms with E-state index in [2.05, 4.69) is 37.4 Å². The number of hydrogen-bond donors (Lipinski definition) is 1. The third kappa shape index (κ3) is 7.30. The summed E-state index contributed by atoms with van der Waals surface area (Å²) in [5.41, 5.74) is 2.19. The van der Waals surface area contributed by atoms with Crippen LogP contribution < -0.4 is 10.1 Å². The molecule has 0 unspecified atom stereocenters. The topological polar surface area (TPSA) is 38.3 Å². The monoisotopic (exact) mass is 303 g/mol. The van der Waals surface area contributed by atoms with Crippen LogP contribution in [0.3, 0.4) is 0 Å². The van der Waals surface area contributed by atoms with Crippen molar-refractivity contribution < 1.29 is 9.53 Å². The normalized spacial score (nSPS) is 11.1. The Morgan fingerprint density at radius 1 is 1.32 bits per heavy atom. The van der Waals surface area contributed by atoms with Gasteiger partial charge in [-0.1, -0.05) is 38.1 Å². The molecule has 1 aromatic carbocycles. The van der Waals surface area contributed by atoms with Gasteiger partial charge in [0.1, 0.15) is 5.75 Å². The van der Waals surface area contributed by atoms with Gasteiger partial charge in [0.25, 0.3) is 0 Å². The standard InChI is InChI=1S/C19H29NO2/c1-15(2)9-7-5-6-8-10-19(21)20-14-17-11-12-18(22-4)16(3)13-17/h7,9,11-13,15H,5-6,8,10,14H2,1-4H3,(H,20,21)/b9-7+. The maximum absolute atomic E-state index is 11.8. The fourth-order valence-corrected chi connectivity index (χ4v) is 2.26. The van der Waals surface area contributed by atoms with Crippen LogP contribution >= 0.6 is 0 Å². The van der Waals surface area contributed by atoms with Crippen molar-refractivity contribution in [2.24, 2.45) is 5.92 Å². The van der Waals surface area contributed by atoms with Crippen molar-refractivity contribution in [3.05, 3.63) is 41.5 Å². The molecule has 1 aromatic rings. The first-order valence-electron chi connectivity index (χ1n) is 8.09. The number of carbonyl (C=O) groups is 1. The Kier molecular flexibility index (Phi) is 8.34. The molecule has 1 N–H and O–H groups in total. The summed E-state index contributed by atoms with van der Waals surface area (Å²) in [5.74, 6) is 1.61. The number of amides is 1. The fraction of sp³-hybridized carbons (Fsp3) is 0.526. The van der Waals surface area contributed by atoms with Gasteiger partial charge in [-0.15, -0.1) is 0 Å². The molecule has 0 saturated heterocycles. The smallest absolute Gasteiger partial charge is 0.220 e. The molecule has 1 amide bonds. The molecule has 1 rings (SSSR count). The summed E-state index contributed by atoms with van der Waals surface area (Å²) < 4.78 is 5.23. The van der Waals surface area contributed by atoms with E-state index in [-0.39, 0.29) is 5.91 Å². The van der Waals surface area contributed by atoms with Gasteiger partial charge in [-0.2, -0.15) is 0 Å². The minimum Gasteiger partial charge on any atom is -0.496 e. The predicted octanol–water partition coefficient (Wildman–Crippen LogP) is 4.39. The molecule has 0 aromatic heterocycles. The SMILES string of the molecule is COc1ccc(CNC(=O)CCCC/C=C/C(C)C)cc1C. The van der Waals surface area contributed by atoms with Crippen LogP contribution in [0.4, 0.5) is 0 Å². The van der Waals surface area contributed by atoms with Crippen LogP contribution in [0.2, 0.25) is 0 Å². The van der Waals surface area contributed by atoms with E-state index in [1.54, 1.807) is 7.11 Å². The number of rotatable bonds is 9. The lowest BCUT2D eigenvalue weighted by atomic mass is 10.1. The maximum Gasteiger partial charge on any atom is 0.220 e. The van der Waals surface area contributed by atoms with Crippen LogP contribution in [-0.4, -0.2) is 13.0 Å². The molecule has 0 atom stereocenters. The fourth-order valence-electron chi connectivity index (χ4n) is 2.26. The lowest BCUT2D eigenvalue weighted by Gasteiger charge is -2.08. The molecule has 0 bridgehead atoms. The summed E-state index contributed by atoms with van der Waals surface area (Å²) in [4.78, 5) is 11.8. The Morgan fingerprint density at radius 2 is 2.09 bits per heavy atom. The number of aryl methyl sites for hydroxylation is 1. The number of carbonyl (C=O) groups excluding carboxylic acids is 1. The van der Waals surface area contributed by atoms with Gasteiger partial charge < -0.3 is 10.1 Å². The largest absolute Gasteiger partial charge is 0.496 e. The van der Waals surface area contributed by atoms with E-state index in [1.165, 1.54) is 0 Å². The van der Waals surface area contributed by atoms with Gasteiger partial charge in [-0.25, -0.2) is 0 Å². The maximum atomic E-state index is 11.8. The second-order valence-electron chi connectivity index (χ2n) is 6.00. The van der Waals surface area contributed by atoms with Gasteiger partial charge in [-0.05, 0) is 49.3 Å². The van der Waals surface area contributed by atoms with E-state index < -0.39 is 0 Å². The quantitative estimate of drug-likeness (QED) is 0.542. The summed E-state index contributed by atoms with van der Waals surface area (Å²) in [7, 11) is 1.67. The molecule has 0 aliphatic carbocycles. The lowest BCUT2D eigenvalue weighted by molar-refractivity contribution is -0.121. The molecule has 0 fully saturated rings. The van der Waals surface area contributed by atoms with Gasteiger partial charge in [0.15, 0.2) is 0 Å². The van der Waals surface area contributed by atoms with Gasteiger partial charge in [0.2, 0.25) is 5.91 Å². The molecule has 0 heterocycles. The third-order valence-electron chi connectivity index (χ3n) is 3.49. The predicted molar refractivity (Wildman–Crippen MR) is 92.0 cm³/mol. The molecule has 0 aliphatic heterocycles. The summed E-state index contributed by atoms with van der Waals surface area (Å²) >= 11 is 0. The number of allylic oxidation sites excluding steroid dienone is 2. The van der Waals surface area contributed by atoms with Gasteiger partial charge >= 0.3 is 0 Å². The van der Waals surface area contributed by atoms with E-state index in [4.69, 9.17) is 4.74 Å². The summed E-state index contributed by atoms with van der Waals surface area (Å²) in [6.07, 6.45) is 8.09. The molecule has 122 valence electrons. The lowest BCUT2D eigenvalue weighted by Crippen LogP contribution is -2.22. The van der Waals surface area contributed by atoms with E-state index in [0.717, 1.165) is 36.1 Å². The average Bonchev–Trinajstić information content (AvgIpc) is 2.48. The number of nitrogens with one attached hydrogen (secondary N) is 1. The zero-order valence-corrected chi connectivity index (χ0v) is 14.3. The zero-order chi connectivity index (χ0) is 16.4. The summed E-state index contributed by atoms with van der Waals surface area (Å²) in [5, 5.41) is 2.98. The van der Waals surface area contributed by atoms with Crippen molar-refractivity contribution >= 4 is 5.91 Å². The Morgan fingerprint density at radius 3 is 2.73 bits per heavy atom. The van der Waals surface area contributed by atoms with Crippen LogP contribution in [0.25, 0.3) is 0 Å². The van der Waals surface area contributed by atoms with Gasteiger partial charge in [-0.3, -0.25) is 4.79 Å². The van der Waals surface area contributed by atoms with Crippen molar-refractivity contribution in [2.75, 3.05) is 7.11 Å². The molecule has 0 aliphatic rings. The highest BCUT2D eigenvalue weighted by Gasteiger charge is 2.03. The van der Waals surface area contributed by atoms with Gasteiger partial charge in [0.05, 0.1) is 7.11 Å². The summed E-state index contributed by atoms with van der Waals surface area (Å²) in [6, 6.07) is 5.98. The molecule has 0 spiro atoms. The highest BCUT2D eigenvalue weighted by Crippen LogP contribution is 2.18. The minimum absolute atomic E-state index is 0.126.